The lowest BCUT2D eigenvalue weighted by Crippen LogP contribution is -2.20. The van der Waals surface area contributed by atoms with Crippen molar-refractivity contribution in [2.75, 3.05) is 20.3 Å². The van der Waals surface area contributed by atoms with Crippen LogP contribution in [0.1, 0.15) is 17.3 Å². The lowest BCUT2D eigenvalue weighted by Gasteiger charge is -2.11. The minimum atomic E-state index is -0.877. The van der Waals surface area contributed by atoms with E-state index < -0.39 is 17.4 Å². The van der Waals surface area contributed by atoms with Crippen molar-refractivity contribution in [1.29, 1.82) is 0 Å². The molecule has 5 heteroatoms. The van der Waals surface area contributed by atoms with Crippen LogP contribution in [0.25, 0.3) is 0 Å². The maximum absolute atomic E-state index is 13.2. The number of carbonyl (C=O) groups excluding carboxylic acids is 1. The van der Waals surface area contributed by atoms with Gasteiger partial charge in [-0.3, -0.25) is 4.79 Å². The second-order valence-electron chi connectivity index (χ2n) is 3.62. The van der Waals surface area contributed by atoms with Crippen LogP contribution in [0.5, 0.6) is 0 Å². The van der Waals surface area contributed by atoms with E-state index in [1.807, 2.05) is 0 Å². The van der Waals surface area contributed by atoms with E-state index in [0.717, 1.165) is 12.1 Å². The van der Waals surface area contributed by atoms with Gasteiger partial charge in [-0.25, -0.2) is 8.78 Å². The fourth-order valence-corrected chi connectivity index (χ4v) is 1.29. The highest BCUT2D eigenvalue weighted by molar-refractivity contribution is 5.97. The van der Waals surface area contributed by atoms with Crippen molar-refractivity contribution < 1.29 is 23.0 Å². The van der Waals surface area contributed by atoms with Gasteiger partial charge < -0.3 is 9.47 Å². The molecular weight excluding hydrogens is 230 g/mol. The Kier molecular flexibility index (Phi) is 5.18. The lowest BCUT2D eigenvalue weighted by atomic mass is 10.1. The molecule has 1 rings (SSSR count). The summed E-state index contributed by atoms with van der Waals surface area (Å²) in [6, 6.07) is 2.82. The fraction of sp³-hybridized carbons (Fsp3) is 0.417. The quantitative estimate of drug-likeness (QED) is 0.720. The maximum Gasteiger partial charge on any atom is 0.191 e. The van der Waals surface area contributed by atoms with Crippen LogP contribution in [0.4, 0.5) is 8.78 Å². The van der Waals surface area contributed by atoms with Crippen LogP contribution in [-0.4, -0.2) is 32.2 Å². The Morgan fingerprint density at radius 2 is 2.12 bits per heavy atom. The zero-order chi connectivity index (χ0) is 12.8. The molecule has 0 saturated heterocycles. The summed E-state index contributed by atoms with van der Waals surface area (Å²) in [7, 11) is 1.52. The highest BCUT2D eigenvalue weighted by Crippen LogP contribution is 2.10. The number of benzene rings is 1. The van der Waals surface area contributed by atoms with E-state index >= 15 is 0 Å². The molecule has 1 aromatic rings. The van der Waals surface area contributed by atoms with Crippen molar-refractivity contribution in [3.63, 3.8) is 0 Å². The first kappa shape index (κ1) is 13.7. The Hall–Kier alpha value is -1.33. The average Bonchev–Trinajstić information content (AvgIpc) is 2.26. The molecule has 0 N–H and O–H groups in total. The van der Waals surface area contributed by atoms with Crippen molar-refractivity contribution in [2.24, 2.45) is 0 Å². The predicted octanol–water partition coefficient (Wildman–Crippen LogP) is 2.20. The summed E-state index contributed by atoms with van der Waals surface area (Å²) in [4.78, 5) is 11.6. The van der Waals surface area contributed by atoms with Gasteiger partial charge in [0.05, 0.1) is 18.3 Å². The number of carbonyl (C=O) groups is 1. The SMILES string of the molecule is COCC(C)OCC(=O)c1ccc(F)cc1F. The minimum absolute atomic E-state index is 0.170. The Balaban J connectivity index is 2.58. The number of hydrogen-bond acceptors (Lipinski definition) is 3. The van der Waals surface area contributed by atoms with Gasteiger partial charge in [0.2, 0.25) is 0 Å². The van der Waals surface area contributed by atoms with Gasteiger partial charge >= 0.3 is 0 Å². The van der Waals surface area contributed by atoms with E-state index in [4.69, 9.17) is 9.47 Å². The van der Waals surface area contributed by atoms with Gasteiger partial charge in [0.1, 0.15) is 18.2 Å². The topological polar surface area (TPSA) is 35.5 Å². The first-order valence-electron chi connectivity index (χ1n) is 5.13. The summed E-state index contributed by atoms with van der Waals surface area (Å²) in [5.74, 6) is -2.11. The van der Waals surface area contributed by atoms with Crippen LogP contribution in [0.2, 0.25) is 0 Å². The molecule has 0 saturated carbocycles. The molecule has 0 aromatic heterocycles. The molecule has 0 fully saturated rings. The second kappa shape index (κ2) is 6.42. The van der Waals surface area contributed by atoms with Crippen molar-refractivity contribution in [3.05, 3.63) is 35.4 Å². The van der Waals surface area contributed by atoms with E-state index in [1.165, 1.54) is 7.11 Å². The monoisotopic (exact) mass is 244 g/mol. The van der Waals surface area contributed by atoms with Gasteiger partial charge in [-0.15, -0.1) is 0 Å². The molecule has 0 radical (unpaired) electrons. The smallest absolute Gasteiger partial charge is 0.191 e. The summed E-state index contributed by atoms with van der Waals surface area (Å²) < 4.78 is 35.8. The second-order valence-corrected chi connectivity index (χ2v) is 3.62. The van der Waals surface area contributed by atoms with Crippen molar-refractivity contribution in [1.82, 2.24) is 0 Å². The summed E-state index contributed by atoms with van der Waals surface area (Å²) in [6.07, 6.45) is -0.257. The van der Waals surface area contributed by atoms with Crippen LogP contribution in [0.15, 0.2) is 18.2 Å². The van der Waals surface area contributed by atoms with Crippen molar-refractivity contribution >= 4 is 5.78 Å². The van der Waals surface area contributed by atoms with E-state index in [9.17, 15) is 13.6 Å². The normalized spacial score (nSPS) is 12.5. The van der Waals surface area contributed by atoms with Gasteiger partial charge in [0.15, 0.2) is 5.78 Å². The van der Waals surface area contributed by atoms with Crippen LogP contribution >= 0.6 is 0 Å². The molecule has 3 nitrogen and oxygen atoms in total. The zero-order valence-electron chi connectivity index (χ0n) is 9.70. The molecule has 0 amide bonds. The molecule has 0 aliphatic rings. The molecule has 1 aromatic carbocycles. The third-order valence-electron chi connectivity index (χ3n) is 2.13. The Labute approximate surface area is 98.3 Å². The van der Waals surface area contributed by atoms with Crippen molar-refractivity contribution in [2.45, 2.75) is 13.0 Å². The van der Waals surface area contributed by atoms with Gasteiger partial charge in [0.25, 0.3) is 0 Å². The van der Waals surface area contributed by atoms with Crippen LogP contribution < -0.4 is 0 Å². The van der Waals surface area contributed by atoms with Gasteiger partial charge in [-0.05, 0) is 19.1 Å². The number of halogens is 2. The third-order valence-corrected chi connectivity index (χ3v) is 2.13. The van der Waals surface area contributed by atoms with Crippen LogP contribution in [0, 0.1) is 11.6 Å². The number of methoxy groups -OCH3 is 1. The lowest BCUT2D eigenvalue weighted by molar-refractivity contribution is 0.0124. The summed E-state index contributed by atoms with van der Waals surface area (Å²) in [5, 5.41) is 0. The van der Waals surface area contributed by atoms with Crippen LogP contribution in [0.3, 0.4) is 0 Å². The number of rotatable bonds is 6. The van der Waals surface area contributed by atoms with E-state index in [2.05, 4.69) is 0 Å². The highest BCUT2D eigenvalue weighted by Gasteiger charge is 2.14. The predicted molar refractivity (Wildman–Crippen MR) is 58.0 cm³/mol. The molecule has 1 atom stereocenters. The van der Waals surface area contributed by atoms with E-state index in [-0.39, 0.29) is 18.3 Å². The summed E-state index contributed by atoms with van der Waals surface area (Å²) >= 11 is 0. The largest absolute Gasteiger partial charge is 0.382 e. The molecule has 0 aliphatic carbocycles. The molecule has 94 valence electrons. The molecular formula is C12H14F2O3. The molecule has 17 heavy (non-hydrogen) atoms. The fourth-order valence-electron chi connectivity index (χ4n) is 1.29. The number of Topliss-reactive ketones (excluding diaryl/α,β-unsaturated/α-hetero) is 1. The zero-order valence-corrected chi connectivity index (χ0v) is 9.70. The Morgan fingerprint density at radius 3 is 2.71 bits per heavy atom. The van der Waals surface area contributed by atoms with Crippen molar-refractivity contribution in [3.8, 4) is 0 Å². The Morgan fingerprint density at radius 1 is 1.41 bits per heavy atom. The third kappa shape index (κ3) is 4.20. The van der Waals surface area contributed by atoms with Gasteiger partial charge in [0, 0.05) is 13.2 Å². The number of ether oxygens (including phenoxy) is 2. The summed E-state index contributed by atoms with van der Waals surface area (Å²) in [5.41, 5.74) is -0.170. The van der Waals surface area contributed by atoms with E-state index in [1.54, 1.807) is 6.92 Å². The standard InChI is InChI=1S/C12H14F2O3/c1-8(6-16-2)17-7-12(15)10-4-3-9(13)5-11(10)14/h3-5,8H,6-7H2,1-2H3. The van der Waals surface area contributed by atoms with Gasteiger partial charge in [-0.2, -0.15) is 0 Å². The number of ketones is 1. The average molecular weight is 244 g/mol. The first-order valence-corrected chi connectivity index (χ1v) is 5.13. The highest BCUT2D eigenvalue weighted by atomic mass is 19.1. The molecule has 1 unspecified atom stereocenters. The molecule has 0 heterocycles. The molecule has 0 spiro atoms. The minimum Gasteiger partial charge on any atom is -0.382 e. The van der Waals surface area contributed by atoms with Gasteiger partial charge in [-0.1, -0.05) is 0 Å². The Bertz CT molecular complexity index is 393. The molecule has 0 bridgehead atoms. The van der Waals surface area contributed by atoms with E-state index in [0.29, 0.717) is 12.7 Å². The van der Waals surface area contributed by atoms with Crippen LogP contribution in [-0.2, 0) is 9.47 Å². The first-order chi connectivity index (χ1) is 8.04. The summed E-state index contributed by atoms with van der Waals surface area (Å²) in [6.45, 7) is 1.82. The number of hydrogen-bond donors (Lipinski definition) is 0. The maximum atomic E-state index is 13.2. The molecule has 0 aliphatic heterocycles.